The number of carbonyl (C=O) groups is 1. The van der Waals surface area contributed by atoms with E-state index in [-0.39, 0.29) is 5.91 Å². The van der Waals surface area contributed by atoms with E-state index in [9.17, 15) is 4.79 Å². The van der Waals surface area contributed by atoms with Gasteiger partial charge in [0.15, 0.2) is 0 Å². The minimum atomic E-state index is -0.112. The van der Waals surface area contributed by atoms with Gasteiger partial charge in [0.05, 0.1) is 5.69 Å². The Kier molecular flexibility index (Phi) is 7.26. The van der Waals surface area contributed by atoms with Crippen LogP contribution < -0.4 is 5.32 Å². The molecule has 2 N–H and O–H groups in total. The number of carbonyl (C=O) groups excluding carboxylic acids is 1. The Morgan fingerprint density at radius 3 is 2.56 bits per heavy atom. The zero-order valence-corrected chi connectivity index (χ0v) is 16.6. The van der Waals surface area contributed by atoms with Crippen LogP contribution in [0.5, 0.6) is 0 Å². The predicted molar refractivity (Wildman–Crippen MR) is 109 cm³/mol. The van der Waals surface area contributed by atoms with Crippen molar-refractivity contribution in [2.75, 3.05) is 45.8 Å². The molecule has 3 rings (SSSR count). The number of nitrogens with zero attached hydrogens (tertiary/aromatic N) is 3. The van der Waals surface area contributed by atoms with Crippen molar-refractivity contribution in [3.8, 4) is 11.3 Å². The molecular formula is C20H28ClN5O. The maximum absolute atomic E-state index is 12.3. The van der Waals surface area contributed by atoms with Gasteiger partial charge in [-0.2, -0.15) is 5.10 Å². The number of H-pyrrole nitrogens is 1. The van der Waals surface area contributed by atoms with Gasteiger partial charge >= 0.3 is 0 Å². The van der Waals surface area contributed by atoms with E-state index >= 15 is 0 Å². The van der Waals surface area contributed by atoms with Crippen LogP contribution in [0.25, 0.3) is 11.3 Å². The largest absolute Gasteiger partial charge is 0.351 e. The molecule has 1 saturated heterocycles. The van der Waals surface area contributed by atoms with E-state index in [1.807, 2.05) is 24.3 Å². The maximum Gasteiger partial charge on any atom is 0.269 e. The summed E-state index contributed by atoms with van der Waals surface area (Å²) in [4.78, 5) is 17.3. The van der Waals surface area contributed by atoms with E-state index < -0.39 is 0 Å². The van der Waals surface area contributed by atoms with Crippen LogP contribution in [0.1, 0.15) is 30.3 Å². The summed E-state index contributed by atoms with van der Waals surface area (Å²) >= 11 is 5.90. The second kappa shape index (κ2) is 9.88. The molecule has 0 bridgehead atoms. The fraction of sp³-hybridized carbons (Fsp3) is 0.500. The topological polar surface area (TPSA) is 64.3 Å². The molecule has 2 heterocycles. The first-order valence-corrected chi connectivity index (χ1v) is 10.1. The summed E-state index contributed by atoms with van der Waals surface area (Å²) in [7, 11) is 0. The normalized spacial score (nSPS) is 15.8. The van der Waals surface area contributed by atoms with Crippen molar-refractivity contribution >= 4 is 17.5 Å². The van der Waals surface area contributed by atoms with Gasteiger partial charge < -0.3 is 15.1 Å². The lowest BCUT2D eigenvalue weighted by Gasteiger charge is -2.33. The van der Waals surface area contributed by atoms with Crippen LogP contribution >= 0.6 is 11.6 Å². The smallest absolute Gasteiger partial charge is 0.269 e. The molecule has 1 aromatic carbocycles. The molecule has 1 aromatic heterocycles. The number of amides is 1. The summed E-state index contributed by atoms with van der Waals surface area (Å²) in [6, 6.07) is 9.17. The number of nitrogens with one attached hydrogen (secondary N) is 2. The number of aromatic nitrogens is 2. The Hall–Kier alpha value is -1.89. The Balaban J connectivity index is 1.36. The molecule has 1 amide bonds. The average Bonchev–Trinajstić information content (AvgIpc) is 3.19. The lowest BCUT2D eigenvalue weighted by Crippen LogP contribution is -2.46. The minimum Gasteiger partial charge on any atom is -0.351 e. The Morgan fingerprint density at radius 2 is 1.85 bits per heavy atom. The molecule has 146 valence electrons. The second-order valence-electron chi connectivity index (χ2n) is 6.91. The van der Waals surface area contributed by atoms with Gasteiger partial charge in [0.25, 0.3) is 5.91 Å². The number of piperazine rings is 1. The van der Waals surface area contributed by atoms with Gasteiger partial charge in [-0.25, -0.2) is 0 Å². The van der Waals surface area contributed by atoms with Gasteiger partial charge in [0.1, 0.15) is 5.69 Å². The minimum absolute atomic E-state index is 0.112. The number of benzene rings is 1. The van der Waals surface area contributed by atoms with Gasteiger partial charge in [0, 0.05) is 43.3 Å². The van der Waals surface area contributed by atoms with Gasteiger partial charge in [-0.05, 0) is 44.1 Å². The van der Waals surface area contributed by atoms with E-state index in [4.69, 9.17) is 11.6 Å². The Morgan fingerprint density at radius 1 is 1.15 bits per heavy atom. The molecule has 1 aliphatic rings. The summed E-state index contributed by atoms with van der Waals surface area (Å²) < 4.78 is 0. The molecule has 0 radical (unpaired) electrons. The second-order valence-corrected chi connectivity index (χ2v) is 7.35. The van der Waals surface area contributed by atoms with Crippen LogP contribution in [0.3, 0.4) is 0 Å². The fourth-order valence-corrected chi connectivity index (χ4v) is 3.42. The van der Waals surface area contributed by atoms with Crippen LogP contribution in [0.4, 0.5) is 0 Å². The van der Waals surface area contributed by atoms with E-state index in [2.05, 4.69) is 32.2 Å². The number of aromatic amines is 1. The Bertz CT molecular complexity index is 722. The predicted octanol–water partition coefficient (Wildman–Crippen LogP) is 2.88. The van der Waals surface area contributed by atoms with Gasteiger partial charge in [-0.1, -0.05) is 30.7 Å². The first kappa shape index (κ1) is 19.9. The third-order valence-corrected chi connectivity index (χ3v) is 5.31. The van der Waals surface area contributed by atoms with Crippen molar-refractivity contribution in [2.45, 2.75) is 19.8 Å². The van der Waals surface area contributed by atoms with Gasteiger partial charge in [0.2, 0.25) is 0 Å². The SMILES string of the molecule is CCN1CCN(CCCCNC(=O)c2cc(-c3ccc(Cl)cc3)n[nH]2)CC1. The zero-order chi connectivity index (χ0) is 19.1. The standard InChI is InChI=1S/C20H28ClN5O/c1-2-25-11-13-26(14-12-25)10-4-3-9-22-20(27)19-15-18(23-24-19)16-5-7-17(21)8-6-16/h5-8,15H,2-4,9-14H2,1H3,(H,22,27)(H,23,24). The molecule has 1 aliphatic heterocycles. The van der Waals surface area contributed by atoms with Gasteiger partial charge in [-0.15, -0.1) is 0 Å². The first-order valence-electron chi connectivity index (χ1n) is 9.70. The Labute approximate surface area is 165 Å². The number of unbranched alkanes of at least 4 members (excludes halogenated alkanes) is 1. The first-order chi connectivity index (χ1) is 13.2. The van der Waals surface area contributed by atoms with Crippen LogP contribution in [0, 0.1) is 0 Å². The number of hydrogen-bond donors (Lipinski definition) is 2. The number of halogens is 1. The number of rotatable bonds is 8. The lowest BCUT2D eigenvalue weighted by molar-refractivity contribution is 0.0946. The van der Waals surface area contributed by atoms with Crippen molar-refractivity contribution in [3.63, 3.8) is 0 Å². The summed E-state index contributed by atoms with van der Waals surface area (Å²) in [5.41, 5.74) is 2.15. The molecule has 7 heteroatoms. The monoisotopic (exact) mass is 389 g/mol. The van der Waals surface area contributed by atoms with Crippen molar-refractivity contribution in [3.05, 3.63) is 41.0 Å². The lowest BCUT2D eigenvalue weighted by atomic mass is 10.1. The zero-order valence-electron chi connectivity index (χ0n) is 15.9. The third-order valence-electron chi connectivity index (χ3n) is 5.06. The summed E-state index contributed by atoms with van der Waals surface area (Å²) in [5, 5.41) is 10.7. The average molecular weight is 390 g/mol. The summed E-state index contributed by atoms with van der Waals surface area (Å²) in [5.74, 6) is -0.112. The van der Waals surface area contributed by atoms with E-state index in [0.717, 1.165) is 50.3 Å². The van der Waals surface area contributed by atoms with E-state index in [1.165, 1.54) is 13.1 Å². The van der Waals surface area contributed by atoms with Gasteiger partial charge in [-0.3, -0.25) is 9.89 Å². The van der Waals surface area contributed by atoms with Crippen molar-refractivity contribution in [1.29, 1.82) is 0 Å². The van der Waals surface area contributed by atoms with Crippen molar-refractivity contribution < 1.29 is 4.79 Å². The fourth-order valence-electron chi connectivity index (χ4n) is 3.29. The number of hydrogen-bond acceptors (Lipinski definition) is 4. The van der Waals surface area contributed by atoms with E-state index in [1.54, 1.807) is 6.07 Å². The van der Waals surface area contributed by atoms with Crippen LogP contribution in [-0.2, 0) is 0 Å². The van der Waals surface area contributed by atoms with E-state index in [0.29, 0.717) is 17.3 Å². The quantitative estimate of drug-likeness (QED) is 0.681. The molecule has 27 heavy (non-hydrogen) atoms. The molecule has 1 fully saturated rings. The highest BCUT2D eigenvalue weighted by atomic mass is 35.5. The van der Waals surface area contributed by atoms with Crippen molar-refractivity contribution in [1.82, 2.24) is 25.3 Å². The van der Waals surface area contributed by atoms with Crippen molar-refractivity contribution in [2.24, 2.45) is 0 Å². The van der Waals surface area contributed by atoms with Crippen LogP contribution in [0.15, 0.2) is 30.3 Å². The summed E-state index contributed by atoms with van der Waals surface area (Å²) in [6.07, 6.45) is 2.09. The molecule has 0 spiro atoms. The summed E-state index contributed by atoms with van der Waals surface area (Å²) in [6.45, 7) is 9.81. The highest BCUT2D eigenvalue weighted by Gasteiger charge is 2.15. The maximum atomic E-state index is 12.3. The molecule has 0 saturated carbocycles. The molecule has 0 unspecified atom stereocenters. The third kappa shape index (κ3) is 5.79. The highest BCUT2D eigenvalue weighted by molar-refractivity contribution is 6.30. The molecule has 0 aliphatic carbocycles. The van der Waals surface area contributed by atoms with Crippen LogP contribution in [0.2, 0.25) is 5.02 Å². The number of likely N-dealkylation sites (N-methyl/N-ethyl adjacent to an activating group) is 1. The molecule has 6 nitrogen and oxygen atoms in total. The van der Waals surface area contributed by atoms with Crippen LogP contribution in [-0.4, -0.2) is 71.7 Å². The molecule has 2 aromatic rings. The molecular weight excluding hydrogens is 362 g/mol. The molecule has 0 atom stereocenters. The highest BCUT2D eigenvalue weighted by Crippen LogP contribution is 2.20.